The Bertz CT molecular complexity index is 973. The summed E-state index contributed by atoms with van der Waals surface area (Å²) in [7, 11) is 3.45. The average molecular weight is 515 g/mol. The second kappa shape index (κ2) is 13.8. The van der Waals surface area contributed by atoms with Gasteiger partial charge in [-0.15, -0.1) is 13.2 Å². The Morgan fingerprint density at radius 1 is 1.00 bits per heavy atom. The summed E-state index contributed by atoms with van der Waals surface area (Å²) in [6.45, 7) is 7.72. The SMILES string of the molecule is C/C=S(/c1cc(CO)cc(N(CCCC)CCCC)c1Oc1cccc(OC(F)(F)F)c1)N(C)C. The molecule has 35 heavy (non-hydrogen) atoms. The van der Waals surface area contributed by atoms with Gasteiger partial charge in [-0.2, -0.15) is 0 Å². The predicted octanol–water partition coefficient (Wildman–Crippen LogP) is 7.20. The minimum absolute atomic E-state index is 0.126. The molecule has 0 aliphatic rings. The van der Waals surface area contributed by atoms with Crippen LogP contribution < -0.4 is 14.4 Å². The van der Waals surface area contributed by atoms with E-state index in [0.29, 0.717) is 5.75 Å². The molecule has 0 saturated carbocycles. The monoisotopic (exact) mass is 514 g/mol. The normalized spacial score (nSPS) is 12.7. The summed E-state index contributed by atoms with van der Waals surface area (Å²) in [6, 6.07) is 9.41. The van der Waals surface area contributed by atoms with Crippen molar-refractivity contribution >= 4 is 21.7 Å². The van der Waals surface area contributed by atoms with Gasteiger partial charge in [0.05, 0.1) is 17.2 Å². The van der Waals surface area contributed by atoms with Crippen LogP contribution in [-0.2, 0) is 6.61 Å². The van der Waals surface area contributed by atoms with Gasteiger partial charge in [0.2, 0.25) is 0 Å². The van der Waals surface area contributed by atoms with Crippen LogP contribution in [0, 0.1) is 0 Å². The highest BCUT2D eigenvalue weighted by Gasteiger charge is 2.31. The first-order chi connectivity index (χ1) is 16.6. The number of hydrogen-bond acceptors (Lipinski definition) is 5. The van der Waals surface area contributed by atoms with Crippen LogP contribution in [0.3, 0.4) is 0 Å². The van der Waals surface area contributed by atoms with Gasteiger partial charge in [-0.25, -0.2) is 0 Å². The number of unbranched alkanes of at least 4 members (excludes halogenated alkanes) is 2. The summed E-state index contributed by atoms with van der Waals surface area (Å²) >= 11 is 0. The van der Waals surface area contributed by atoms with Gasteiger partial charge in [0.25, 0.3) is 0 Å². The number of ether oxygens (including phenoxy) is 2. The average Bonchev–Trinajstić information content (AvgIpc) is 2.79. The van der Waals surface area contributed by atoms with E-state index in [1.807, 2.05) is 33.2 Å². The fourth-order valence-corrected chi connectivity index (χ4v) is 5.34. The molecule has 0 spiro atoms. The predicted molar refractivity (Wildman–Crippen MR) is 139 cm³/mol. The fraction of sp³-hybridized carbons (Fsp3) is 0.500. The molecule has 1 N–H and O–H groups in total. The molecule has 5 nitrogen and oxygen atoms in total. The molecule has 0 fully saturated rings. The van der Waals surface area contributed by atoms with Crippen molar-refractivity contribution in [3.63, 3.8) is 0 Å². The van der Waals surface area contributed by atoms with Gasteiger partial charge in [-0.05, 0) is 69.1 Å². The number of rotatable bonds is 13. The minimum atomic E-state index is -4.79. The molecule has 0 aromatic heterocycles. The van der Waals surface area contributed by atoms with Crippen LogP contribution >= 0.6 is 10.7 Å². The Hall–Kier alpha value is -2.23. The summed E-state index contributed by atoms with van der Waals surface area (Å²) in [5.41, 5.74) is 1.59. The number of alkyl halides is 3. The molecule has 196 valence electrons. The van der Waals surface area contributed by atoms with E-state index >= 15 is 0 Å². The van der Waals surface area contributed by atoms with Crippen LogP contribution in [0.2, 0.25) is 0 Å². The zero-order valence-electron chi connectivity index (χ0n) is 21.2. The second-order valence-corrected chi connectivity index (χ2v) is 10.6. The third-order valence-electron chi connectivity index (χ3n) is 5.28. The number of aliphatic hydroxyl groups is 1. The summed E-state index contributed by atoms with van der Waals surface area (Å²) in [6.07, 6.45) is -0.782. The molecule has 0 radical (unpaired) electrons. The lowest BCUT2D eigenvalue weighted by molar-refractivity contribution is -0.274. The first kappa shape index (κ1) is 29.0. The van der Waals surface area contributed by atoms with Crippen LogP contribution in [-0.4, -0.2) is 48.3 Å². The quantitative estimate of drug-likeness (QED) is 0.286. The largest absolute Gasteiger partial charge is 0.573 e. The number of benzene rings is 2. The summed E-state index contributed by atoms with van der Waals surface area (Å²) in [5, 5.41) is 12.1. The Morgan fingerprint density at radius 2 is 1.63 bits per heavy atom. The fourth-order valence-electron chi connectivity index (χ4n) is 3.66. The molecule has 0 heterocycles. The highest BCUT2D eigenvalue weighted by atomic mass is 32.2. The van der Waals surface area contributed by atoms with Crippen molar-refractivity contribution in [3.05, 3.63) is 42.0 Å². The second-order valence-electron chi connectivity index (χ2n) is 8.28. The summed E-state index contributed by atoms with van der Waals surface area (Å²) < 4.78 is 50.9. The van der Waals surface area contributed by atoms with Crippen LogP contribution in [0.25, 0.3) is 0 Å². The lowest BCUT2D eigenvalue weighted by Crippen LogP contribution is -2.26. The first-order valence-corrected chi connectivity index (χ1v) is 13.1. The third-order valence-corrected chi connectivity index (χ3v) is 7.27. The smallest absolute Gasteiger partial charge is 0.454 e. The number of hydrogen-bond donors (Lipinski definition) is 1. The molecule has 0 aliphatic carbocycles. The van der Waals surface area contributed by atoms with Gasteiger partial charge in [0.1, 0.15) is 11.5 Å². The van der Waals surface area contributed by atoms with E-state index in [2.05, 4.69) is 33.2 Å². The van der Waals surface area contributed by atoms with Gasteiger partial charge >= 0.3 is 6.36 Å². The van der Waals surface area contributed by atoms with Crippen LogP contribution in [0.1, 0.15) is 52.0 Å². The van der Waals surface area contributed by atoms with E-state index in [1.165, 1.54) is 18.2 Å². The maximum Gasteiger partial charge on any atom is 0.573 e. The number of anilines is 1. The van der Waals surface area contributed by atoms with Gasteiger partial charge in [-0.1, -0.05) is 43.4 Å². The zero-order valence-corrected chi connectivity index (χ0v) is 22.0. The van der Waals surface area contributed by atoms with E-state index in [9.17, 15) is 18.3 Å². The molecule has 0 saturated heterocycles. The van der Waals surface area contributed by atoms with E-state index in [1.54, 1.807) is 6.07 Å². The van der Waals surface area contributed by atoms with Crippen molar-refractivity contribution in [2.24, 2.45) is 0 Å². The molecule has 2 aromatic rings. The first-order valence-electron chi connectivity index (χ1n) is 11.9. The topological polar surface area (TPSA) is 45.2 Å². The molecule has 0 aliphatic heterocycles. The molecular weight excluding hydrogens is 477 g/mol. The lowest BCUT2D eigenvalue weighted by Gasteiger charge is -2.30. The standard InChI is InChI=1S/C26H37F3N2O3S/c1-6-9-14-31(15-10-7-2)23-16-20(19-32)17-24(35(8-3)30(4)5)25(23)33-21-12-11-13-22(18-21)34-26(27,28)29/h8,11-13,16-18,32H,6-7,9-10,14-15,19H2,1-5H3. The van der Waals surface area contributed by atoms with Crippen molar-refractivity contribution in [2.45, 2.75) is 64.3 Å². The van der Waals surface area contributed by atoms with Gasteiger partial charge in [0.15, 0.2) is 5.75 Å². The molecule has 2 aromatic carbocycles. The Kier molecular flexibility index (Phi) is 11.4. The van der Waals surface area contributed by atoms with Crippen molar-refractivity contribution in [2.75, 3.05) is 32.1 Å². The van der Waals surface area contributed by atoms with Gasteiger partial charge in [-0.3, -0.25) is 4.31 Å². The molecule has 2 rings (SSSR count). The van der Waals surface area contributed by atoms with Crippen LogP contribution in [0.5, 0.6) is 17.2 Å². The number of aliphatic hydroxyl groups excluding tert-OH is 1. The third kappa shape index (κ3) is 8.74. The van der Waals surface area contributed by atoms with E-state index in [0.717, 1.165) is 54.9 Å². The van der Waals surface area contributed by atoms with Gasteiger partial charge < -0.3 is 19.5 Å². The molecule has 9 heteroatoms. The van der Waals surface area contributed by atoms with Crippen molar-refractivity contribution < 1.29 is 27.8 Å². The number of nitrogens with zero attached hydrogens (tertiary/aromatic N) is 2. The van der Waals surface area contributed by atoms with Crippen molar-refractivity contribution in [1.29, 1.82) is 0 Å². The van der Waals surface area contributed by atoms with Crippen molar-refractivity contribution in [1.82, 2.24) is 4.31 Å². The maximum atomic E-state index is 12.8. The highest BCUT2D eigenvalue weighted by molar-refractivity contribution is 8.13. The molecule has 0 bridgehead atoms. The molecule has 1 unspecified atom stereocenters. The van der Waals surface area contributed by atoms with E-state index in [-0.39, 0.29) is 18.1 Å². The Morgan fingerprint density at radius 3 is 2.14 bits per heavy atom. The molecule has 0 amide bonds. The van der Waals surface area contributed by atoms with Gasteiger partial charge in [0, 0.05) is 19.2 Å². The van der Waals surface area contributed by atoms with Crippen LogP contribution in [0.15, 0.2) is 41.3 Å². The Labute approximate surface area is 209 Å². The molecular formula is C26H37F3N2O3S. The highest BCUT2D eigenvalue weighted by Crippen LogP contribution is 2.46. The lowest BCUT2D eigenvalue weighted by atomic mass is 10.1. The van der Waals surface area contributed by atoms with Crippen molar-refractivity contribution in [3.8, 4) is 17.2 Å². The number of halogens is 3. The summed E-state index contributed by atoms with van der Waals surface area (Å²) in [4.78, 5) is 3.12. The van der Waals surface area contributed by atoms with Crippen LogP contribution in [0.4, 0.5) is 18.9 Å². The maximum absolute atomic E-state index is 12.8. The van der Waals surface area contributed by atoms with E-state index in [4.69, 9.17) is 4.74 Å². The zero-order chi connectivity index (χ0) is 26.0. The molecule has 1 atom stereocenters. The minimum Gasteiger partial charge on any atom is -0.454 e. The van der Waals surface area contributed by atoms with E-state index < -0.39 is 17.0 Å². The Balaban J connectivity index is 2.70. The summed E-state index contributed by atoms with van der Waals surface area (Å²) in [5.74, 6) is 0.483.